The van der Waals surface area contributed by atoms with E-state index in [4.69, 9.17) is 4.74 Å². The summed E-state index contributed by atoms with van der Waals surface area (Å²) >= 11 is 3.68. The average Bonchev–Trinajstić information content (AvgIpc) is 2.68. The number of aromatic nitrogens is 2. The van der Waals surface area contributed by atoms with Crippen molar-refractivity contribution in [2.45, 2.75) is 46.1 Å². The normalized spacial score (nSPS) is 12.9. The quantitative estimate of drug-likeness (QED) is 0.756. The molecule has 4 nitrogen and oxygen atoms in total. The highest BCUT2D eigenvalue weighted by atomic mass is 79.9. The van der Waals surface area contributed by atoms with E-state index in [0.29, 0.717) is 6.04 Å². The second-order valence-corrected chi connectivity index (χ2v) is 5.49. The first-order valence-electron chi connectivity index (χ1n) is 7.15. The molecule has 0 fully saturated rings. The van der Waals surface area contributed by atoms with Crippen LogP contribution in [0.2, 0.25) is 0 Å². The zero-order valence-corrected chi connectivity index (χ0v) is 14.1. The lowest BCUT2D eigenvalue weighted by atomic mass is 10.1. The molecule has 0 aliphatic heterocycles. The summed E-state index contributed by atoms with van der Waals surface area (Å²) in [7, 11) is 2.01. The Hall–Kier alpha value is -0.390. The van der Waals surface area contributed by atoms with E-state index in [9.17, 15) is 0 Å². The molecule has 0 bridgehead atoms. The van der Waals surface area contributed by atoms with Crippen LogP contribution in [-0.4, -0.2) is 35.6 Å². The van der Waals surface area contributed by atoms with Crippen LogP contribution in [0.3, 0.4) is 0 Å². The Bertz CT molecular complexity index is 371. The topological polar surface area (TPSA) is 39.1 Å². The first-order valence-corrected chi connectivity index (χ1v) is 7.94. The van der Waals surface area contributed by atoms with E-state index in [2.05, 4.69) is 40.2 Å². The van der Waals surface area contributed by atoms with Crippen LogP contribution in [0.1, 0.15) is 38.6 Å². The molecular weight excluding hydrogens is 306 g/mol. The number of nitrogens with zero attached hydrogens (tertiary/aromatic N) is 2. The fourth-order valence-electron chi connectivity index (χ4n) is 2.07. The smallest absolute Gasteiger partial charge is 0.0766 e. The third kappa shape index (κ3) is 4.89. The highest BCUT2D eigenvalue weighted by Gasteiger charge is 2.17. The molecule has 1 atom stereocenters. The van der Waals surface area contributed by atoms with Gasteiger partial charge in [-0.2, -0.15) is 5.10 Å². The second kappa shape index (κ2) is 8.72. The maximum Gasteiger partial charge on any atom is 0.0766 e. The van der Waals surface area contributed by atoms with Gasteiger partial charge in [-0.3, -0.25) is 4.68 Å². The predicted octanol–water partition coefficient (Wildman–Crippen LogP) is 2.69. The Labute approximate surface area is 125 Å². The van der Waals surface area contributed by atoms with E-state index in [1.807, 2.05) is 18.7 Å². The molecule has 1 unspecified atom stereocenters. The molecule has 1 aromatic heterocycles. The van der Waals surface area contributed by atoms with Gasteiger partial charge in [-0.05, 0) is 42.2 Å². The van der Waals surface area contributed by atoms with Gasteiger partial charge in [-0.1, -0.05) is 13.8 Å². The summed E-state index contributed by atoms with van der Waals surface area (Å²) in [6.07, 6.45) is 3.02. The molecule has 0 aliphatic carbocycles. The van der Waals surface area contributed by atoms with Crippen molar-refractivity contribution in [3.63, 3.8) is 0 Å². The van der Waals surface area contributed by atoms with Gasteiger partial charge in [0.2, 0.25) is 0 Å². The Morgan fingerprint density at radius 1 is 1.37 bits per heavy atom. The van der Waals surface area contributed by atoms with Crippen LogP contribution in [-0.2, 0) is 24.6 Å². The van der Waals surface area contributed by atoms with Crippen LogP contribution >= 0.6 is 15.9 Å². The lowest BCUT2D eigenvalue weighted by Crippen LogP contribution is -2.36. The van der Waals surface area contributed by atoms with Crippen LogP contribution in [0.5, 0.6) is 0 Å². The van der Waals surface area contributed by atoms with E-state index < -0.39 is 0 Å². The Kier molecular flexibility index (Phi) is 7.64. The molecule has 1 heterocycles. The first-order chi connectivity index (χ1) is 9.13. The fraction of sp³-hybridized carbons (Fsp3) is 0.786. The minimum atomic E-state index is 0.344. The second-order valence-electron chi connectivity index (χ2n) is 4.70. The maximum atomic E-state index is 5.57. The summed E-state index contributed by atoms with van der Waals surface area (Å²) in [5, 5.41) is 8.09. The minimum Gasteiger partial charge on any atom is -0.380 e. The Morgan fingerprint density at radius 2 is 2.11 bits per heavy atom. The summed E-state index contributed by atoms with van der Waals surface area (Å²) < 4.78 is 8.70. The molecule has 1 N–H and O–H groups in total. The molecule has 0 amide bonds. The molecule has 0 spiro atoms. The summed E-state index contributed by atoms with van der Waals surface area (Å²) in [5.74, 6) is 0. The fourth-order valence-corrected chi connectivity index (χ4v) is 2.85. The van der Waals surface area contributed by atoms with Crippen LogP contribution < -0.4 is 5.32 Å². The molecular formula is C14H26BrN3O. The SMILES string of the molecule is CCCNC(COCC)Cc1c(Br)c(CC)nn1C. The van der Waals surface area contributed by atoms with E-state index >= 15 is 0 Å². The Balaban J connectivity index is 2.73. The molecule has 110 valence electrons. The van der Waals surface area contributed by atoms with Gasteiger partial charge in [0.15, 0.2) is 0 Å². The molecule has 0 radical (unpaired) electrons. The maximum absolute atomic E-state index is 5.57. The van der Waals surface area contributed by atoms with Crippen molar-refractivity contribution in [1.82, 2.24) is 15.1 Å². The van der Waals surface area contributed by atoms with E-state index in [0.717, 1.165) is 49.2 Å². The highest BCUT2D eigenvalue weighted by Crippen LogP contribution is 2.22. The average molecular weight is 332 g/mol. The van der Waals surface area contributed by atoms with Gasteiger partial charge in [0.05, 0.1) is 22.5 Å². The van der Waals surface area contributed by atoms with Gasteiger partial charge in [-0.15, -0.1) is 0 Å². The third-order valence-corrected chi connectivity index (χ3v) is 4.06. The molecule has 0 saturated carbocycles. The van der Waals surface area contributed by atoms with Crippen molar-refractivity contribution < 1.29 is 4.74 Å². The first kappa shape index (κ1) is 16.7. The van der Waals surface area contributed by atoms with Gasteiger partial charge in [0.25, 0.3) is 0 Å². The number of rotatable bonds is 9. The number of hydrogen-bond acceptors (Lipinski definition) is 3. The van der Waals surface area contributed by atoms with Crippen LogP contribution in [0.25, 0.3) is 0 Å². The number of nitrogens with one attached hydrogen (secondary N) is 1. The number of halogens is 1. The van der Waals surface area contributed by atoms with Crippen molar-refractivity contribution in [3.05, 3.63) is 15.9 Å². The molecule has 5 heteroatoms. The van der Waals surface area contributed by atoms with Gasteiger partial charge >= 0.3 is 0 Å². The van der Waals surface area contributed by atoms with Crippen molar-refractivity contribution in [1.29, 1.82) is 0 Å². The zero-order valence-electron chi connectivity index (χ0n) is 12.5. The molecule has 0 saturated heterocycles. The molecule has 0 aliphatic rings. The zero-order chi connectivity index (χ0) is 14.3. The summed E-state index contributed by atoms with van der Waals surface area (Å²) in [4.78, 5) is 0. The summed E-state index contributed by atoms with van der Waals surface area (Å²) in [6, 6.07) is 0.344. The third-order valence-electron chi connectivity index (χ3n) is 3.15. The lowest BCUT2D eigenvalue weighted by molar-refractivity contribution is 0.122. The molecule has 1 aromatic rings. The highest BCUT2D eigenvalue weighted by molar-refractivity contribution is 9.10. The summed E-state index contributed by atoms with van der Waals surface area (Å²) in [6.45, 7) is 8.87. The van der Waals surface area contributed by atoms with Crippen molar-refractivity contribution in [3.8, 4) is 0 Å². The monoisotopic (exact) mass is 331 g/mol. The van der Waals surface area contributed by atoms with Gasteiger partial charge in [-0.25, -0.2) is 0 Å². The van der Waals surface area contributed by atoms with Crippen LogP contribution in [0.4, 0.5) is 0 Å². The van der Waals surface area contributed by atoms with Gasteiger partial charge < -0.3 is 10.1 Å². The largest absolute Gasteiger partial charge is 0.380 e. The predicted molar refractivity (Wildman–Crippen MR) is 82.6 cm³/mol. The van der Waals surface area contributed by atoms with Crippen molar-refractivity contribution in [2.24, 2.45) is 7.05 Å². The molecule has 1 rings (SSSR count). The van der Waals surface area contributed by atoms with E-state index in [-0.39, 0.29) is 0 Å². The van der Waals surface area contributed by atoms with Crippen LogP contribution in [0, 0.1) is 0 Å². The minimum absolute atomic E-state index is 0.344. The number of hydrogen-bond donors (Lipinski definition) is 1. The lowest BCUT2D eigenvalue weighted by Gasteiger charge is -2.18. The molecule has 0 aromatic carbocycles. The molecule has 19 heavy (non-hydrogen) atoms. The number of ether oxygens (including phenoxy) is 1. The van der Waals surface area contributed by atoms with Crippen molar-refractivity contribution in [2.75, 3.05) is 19.8 Å². The van der Waals surface area contributed by atoms with E-state index in [1.165, 1.54) is 5.69 Å². The standard InChI is InChI=1S/C14H26BrN3O/c1-5-8-16-11(10-19-7-3)9-13-14(15)12(6-2)17-18(13)4/h11,16H,5-10H2,1-4H3. The van der Waals surface area contributed by atoms with Gasteiger partial charge in [0, 0.05) is 26.1 Å². The van der Waals surface area contributed by atoms with Crippen LogP contribution in [0.15, 0.2) is 4.47 Å². The van der Waals surface area contributed by atoms with E-state index in [1.54, 1.807) is 0 Å². The van der Waals surface area contributed by atoms with Crippen molar-refractivity contribution >= 4 is 15.9 Å². The number of aryl methyl sites for hydroxylation is 2. The summed E-state index contributed by atoms with van der Waals surface area (Å²) in [5.41, 5.74) is 2.37. The Morgan fingerprint density at radius 3 is 2.63 bits per heavy atom. The van der Waals surface area contributed by atoms with Gasteiger partial charge in [0.1, 0.15) is 0 Å².